The van der Waals surface area contributed by atoms with E-state index in [2.05, 4.69) is 21.1 Å². The van der Waals surface area contributed by atoms with Gasteiger partial charge >= 0.3 is 12.1 Å². The molecule has 4 rings (SSSR count). The number of nitrogens with one attached hydrogen (secondary N) is 3. The van der Waals surface area contributed by atoms with Gasteiger partial charge in [-0.05, 0) is 51.1 Å². The van der Waals surface area contributed by atoms with Gasteiger partial charge in [-0.15, -0.1) is 0 Å². The van der Waals surface area contributed by atoms with E-state index in [1.807, 2.05) is 25.1 Å². The number of aliphatic hydroxyl groups is 1. The fraction of sp³-hybridized carbons (Fsp3) is 0.379. The van der Waals surface area contributed by atoms with Gasteiger partial charge in [-0.1, -0.05) is 30.3 Å². The number of ether oxygens (including phenoxy) is 1. The highest BCUT2D eigenvalue weighted by Crippen LogP contribution is 2.31. The molecule has 4 N–H and O–H groups in total. The summed E-state index contributed by atoms with van der Waals surface area (Å²) in [4.78, 5) is 42.3. The van der Waals surface area contributed by atoms with Crippen molar-refractivity contribution in [1.82, 2.24) is 15.0 Å². The maximum Gasteiger partial charge on any atom is 0.323 e. The van der Waals surface area contributed by atoms with Crippen molar-refractivity contribution in [2.75, 3.05) is 42.7 Å². The van der Waals surface area contributed by atoms with Gasteiger partial charge in [0.25, 0.3) is 5.91 Å². The minimum atomic E-state index is -0.490. The van der Waals surface area contributed by atoms with Gasteiger partial charge in [-0.2, -0.15) is 0 Å². The largest absolute Gasteiger partial charge is 0.487 e. The quantitative estimate of drug-likeness (QED) is 0.334. The lowest BCUT2D eigenvalue weighted by atomic mass is 9.99. The topological polar surface area (TPSA) is 149 Å². The first-order valence-corrected chi connectivity index (χ1v) is 13.4. The lowest BCUT2D eigenvalue weighted by molar-refractivity contribution is 0.0371. The molecule has 12 nitrogen and oxygen atoms in total. The number of aliphatic hydroxyl groups excluding tert-OH is 1. The molecule has 3 atom stereocenters. The van der Waals surface area contributed by atoms with Crippen molar-refractivity contribution in [3.8, 4) is 5.75 Å². The summed E-state index contributed by atoms with van der Waals surface area (Å²) < 4.78 is 11.5. The summed E-state index contributed by atoms with van der Waals surface area (Å²) >= 11 is 0. The van der Waals surface area contributed by atoms with E-state index in [0.717, 1.165) is 0 Å². The van der Waals surface area contributed by atoms with Crippen LogP contribution in [0.1, 0.15) is 35.7 Å². The standard InChI is InChI=1S/C29H36N6O6/c1-17-14-35(18(2)16-36)27(37)23-13-22(31-28(38)30-21-9-7-6-8-10-21)11-12-24(23)40-25(17)15-34(5)29(39)32-26-19(3)33-41-20(26)4/h6-13,17-18,25,36H,14-16H2,1-5H3,(H,32,39)(H2,30,31,38)/t17-,18+,25+/m0/s1. The molecule has 0 aliphatic carbocycles. The summed E-state index contributed by atoms with van der Waals surface area (Å²) in [7, 11) is 1.65. The van der Waals surface area contributed by atoms with E-state index in [9.17, 15) is 19.5 Å². The van der Waals surface area contributed by atoms with E-state index in [0.29, 0.717) is 34.3 Å². The Labute approximate surface area is 238 Å². The Balaban J connectivity index is 1.56. The molecular weight excluding hydrogens is 528 g/mol. The zero-order valence-electron chi connectivity index (χ0n) is 23.8. The monoisotopic (exact) mass is 564 g/mol. The SMILES string of the molecule is Cc1noc(C)c1NC(=O)N(C)C[C@H]1Oc2ccc(NC(=O)Nc3ccccc3)cc2C(=O)N([C@H](C)CO)C[C@@H]1C. The van der Waals surface area contributed by atoms with E-state index < -0.39 is 18.2 Å². The number of carbonyl (C=O) groups excluding carboxylic acids is 3. The Hall–Kier alpha value is -4.58. The number of rotatable bonds is 7. The highest BCUT2D eigenvalue weighted by atomic mass is 16.5. The number of hydrogen-bond donors (Lipinski definition) is 4. The average molecular weight is 565 g/mol. The zero-order chi connectivity index (χ0) is 29.7. The second-order valence-corrected chi connectivity index (χ2v) is 10.3. The van der Waals surface area contributed by atoms with E-state index >= 15 is 0 Å². The number of fused-ring (bicyclic) bond motifs is 1. The Kier molecular flexibility index (Phi) is 9.13. The van der Waals surface area contributed by atoms with Crippen molar-refractivity contribution in [1.29, 1.82) is 0 Å². The van der Waals surface area contributed by atoms with Crippen LogP contribution in [0.25, 0.3) is 0 Å². The summed E-state index contributed by atoms with van der Waals surface area (Å²) in [6, 6.07) is 12.5. The molecule has 2 aromatic carbocycles. The predicted molar refractivity (Wildman–Crippen MR) is 154 cm³/mol. The third-order valence-corrected chi connectivity index (χ3v) is 7.02. The van der Waals surface area contributed by atoms with Crippen LogP contribution in [0.15, 0.2) is 53.1 Å². The molecule has 0 spiro atoms. The van der Waals surface area contributed by atoms with Crippen LogP contribution in [-0.2, 0) is 0 Å². The number of carbonyl (C=O) groups is 3. The highest BCUT2D eigenvalue weighted by molar-refractivity contribution is 6.02. The van der Waals surface area contributed by atoms with Crippen LogP contribution in [0, 0.1) is 19.8 Å². The number of aromatic nitrogens is 1. The molecule has 0 radical (unpaired) electrons. The van der Waals surface area contributed by atoms with E-state index in [1.54, 1.807) is 63.1 Å². The van der Waals surface area contributed by atoms with Crippen molar-refractivity contribution in [3.05, 3.63) is 65.5 Å². The number of hydrogen-bond acceptors (Lipinski definition) is 7. The van der Waals surface area contributed by atoms with E-state index in [1.165, 1.54) is 4.90 Å². The molecule has 3 aromatic rings. The molecular formula is C29H36N6O6. The fourth-order valence-corrected chi connectivity index (χ4v) is 4.55. The summed E-state index contributed by atoms with van der Waals surface area (Å²) in [5.74, 6) is 0.298. The van der Waals surface area contributed by atoms with Crippen molar-refractivity contribution in [2.24, 2.45) is 5.92 Å². The smallest absolute Gasteiger partial charge is 0.323 e. The third-order valence-electron chi connectivity index (χ3n) is 7.02. The van der Waals surface area contributed by atoms with Gasteiger partial charge in [0.05, 0.1) is 24.8 Å². The van der Waals surface area contributed by atoms with Crippen LogP contribution >= 0.6 is 0 Å². The van der Waals surface area contributed by atoms with Crippen molar-refractivity contribution >= 4 is 35.0 Å². The van der Waals surface area contributed by atoms with Gasteiger partial charge in [-0.25, -0.2) is 9.59 Å². The molecule has 0 fully saturated rings. The molecule has 0 saturated heterocycles. The van der Waals surface area contributed by atoms with Crippen LogP contribution in [0.5, 0.6) is 5.75 Å². The third kappa shape index (κ3) is 6.95. The van der Waals surface area contributed by atoms with Gasteiger partial charge in [0.15, 0.2) is 5.76 Å². The fourth-order valence-electron chi connectivity index (χ4n) is 4.55. The Morgan fingerprint density at radius 1 is 1.12 bits per heavy atom. The first-order valence-electron chi connectivity index (χ1n) is 13.4. The maximum absolute atomic E-state index is 13.7. The number of urea groups is 2. The second-order valence-electron chi connectivity index (χ2n) is 10.3. The first-order chi connectivity index (χ1) is 19.6. The van der Waals surface area contributed by atoms with Gasteiger partial charge in [-0.3, -0.25) is 4.79 Å². The summed E-state index contributed by atoms with van der Waals surface area (Å²) in [5.41, 5.74) is 2.35. The predicted octanol–water partition coefficient (Wildman–Crippen LogP) is 4.32. The molecule has 0 saturated carbocycles. The molecule has 0 unspecified atom stereocenters. The molecule has 1 aliphatic heterocycles. The summed E-state index contributed by atoms with van der Waals surface area (Å²) in [6.07, 6.45) is -0.490. The normalized spacial score (nSPS) is 17.4. The van der Waals surface area contributed by atoms with Gasteiger partial charge < -0.3 is 40.1 Å². The van der Waals surface area contributed by atoms with E-state index in [-0.39, 0.29) is 43.1 Å². The summed E-state index contributed by atoms with van der Waals surface area (Å²) in [6.45, 7) is 7.43. The molecule has 0 bridgehead atoms. The van der Waals surface area contributed by atoms with Crippen LogP contribution < -0.4 is 20.7 Å². The van der Waals surface area contributed by atoms with Crippen LogP contribution in [0.2, 0.25) is 0 Å². The average Bonchev–Trinajstić information content (AvgIpc) is 3.27. The minimum absolute atomic E-state index is 0.190. The van der Waals surface area contributed by atoms with Crippen molar-refractivity contribution in [2.45, 2.75) is 39.8 Å². The number of anilines is 3. The molecule has 1 aromatic heterocycles. The van der Waals surface area contributed by atoms with Crippen LogP contribution in [0.3, 0.4) is 0 Å². The van der Waals surface area contributed by atoms with Gasteiger partial charge in [0.2, 0.25) is 0 Å². The number of nitrogens with zero attached hydrogens (tertiary/aromatic N) is 3. The molecule has 5 amide bonds. The molecule has 2 heterocycles. The summed E-state index contributed by atoms with van der Waals surface area (Å²) in [5, 5.41) is 22.1. The Morgan fingerprint density at radius 2 is 1.83 bits per heavy atom. The number of amides is 5. The molecule has 41 heavy (non-hydrogen) atoms. The van der Waals surface area contributed by atoms with Gasteiger partial charge in [0, 0.05) is 30.9 Å². The van der Waals surface area contributed by atoms with Crippen molar-refractivity contribution in [3.63, 3.8) is 0 Å². The minimum Gasteiger partial charge on any atom is -0.487 e. The lowest BCUT2D eigenvalue weighted by Gasteiger charge is -2.38. The van der Waals surface area contributed by atoms with E-state index in [4.69, 9.17) is 9.26 Å². The maximum atomic E-state index is 13.7. The van der Waals surface area contributed by atoms with Gasteiger partial charge in [0.1, 0.15) is 23.2 Å². The van der Waals surface area contributed by atoms with Crippen LogP contribution in [0.4, 0.5) is 26.7 Å². The Morgan fingerprint density at radius 3 is 2.49 bits per heavy atom. The lowest BCUT2D eigenvalue weighted by Crippen LogP contribution is -2.50. The number of para-hydroxylation sites is 1. The molecule has 12 heteroatoms. The highest BCUT2D eigenvalue weighted by Gasteiger charge is 2.34. The number of aryl methyl sites for hydroxylation is 2. The molecule has 218 valence electrons. The Bertz CT molecular complexity index is 1370. The number of benzene rings is 2. The van der Waals surface area contributed by atoms with Crippen LogP contribution in [-0.4, -0.2) is 76.9 Å². The second kappa shape index (κ2) is 12.7. The number of likely N-dealkylation sites (N-methyl/N-ethyl adjacent to an activating group) is 1. The van der Waals surface area contributed by atoms with Crippen molar-refractivity contribution < 1.29 is 28.8 Å². The first kappa shape index (κ1) is 29.4. The zero-order valence-corrected chi connectivity index (χ0v) is 23.8. The molecule has 1 aliphatic rings.